The van der Waals surface area contributed by atoms with Crippen LogP contribution in [0.3, 0.4) is 0 Å². The SMILES string of the molecule is COC(=O)[C@@]12CC(C)=C(C)C[C@@H]1C[C@H]1OC[C@@H](c3ccccc3)N1C2=O. The topological polar surface area (TPSA) is 55.8 Å². The molecule has 1 amide bonds. The van der Waals surface area contributed by atoms with Crippen molar-refractivity contribution in [2.24, 2.45) is 11.3 Å². The number of amides is 1. The Morgan fingerprint density at radius 1 is 1.23 bits per heavy atom. The van der Waals surface area contributed by atoms with Crippen LogP contribution in [0, 0.1) is 11.3 Å². The van der Waals surface area contributed by atoms with Gasteiger partial charge in [0.15, 0.2) is 5.41 Å². The first kappa shape index (κ1) is 17.3. The zero-order valence-electron chi connectivity index (χ0n) is 15.5. The maximum atomic E-state index is 13.7. The fourth-order valence-electron chi connectivity index (χ4n) is 4.90. The molecule has 5 nitrogen and oxygen atoms in total. The maximum absolute atomic E-state index is 13.7. The molecular formula is C21H25NO4. The van der Waals surface area contributed by atoms with Crippen LogP contribution in [0.4, 0.5) is 0 Å². The Morgan fingerprint density at radius 3 is 2.65 bits per heavy atom. The van der Waals surface area contributed by atoms with Crippen molar-refractivity contribution in [1.82, 2.24) is 4.90 Å². The molecule has 26 heavy (non-hydrogen) atoms. The van der Waals surface area contributed by atoms with E-state index in [1.807, 2.05) is 37.3 Å². The standard InChI is InChI=1S/C21H25NO4/c1-13-9-16-10-18-22(17(12-26-18)15-7-5-4-6-8-15)19(23)21(16,11-14(13)2)20(24)25-3/h4-8,16-18H,9-12H2,1-3H3/t16-,17+,18-,21+/m1/s1. The molecule has 138 valence electrons. The highest BCUT2D eigenvalue weighted by Crippen LogP contribution is 2.54. The number of piperidine rings is 1. The second-order valence-electron chi connectivity index (χ2n) is 7.76. The molecule has 0 unspecified atom stereocenters. The fraction of sp³-hybridized carbons (Fsp3) is 0.524. The van der Waals surface area contributed by atoms with Gasteiger partial charge in [-0.25, -0.2) is 0 Å². The molecule has 0 N–H and O–H groups in total. The summed E-state index contributed by atoms with van der Waals surface area (Å²) in [5.41, 5.74) is 2.32. The molecule has 5 heteroatoms. The van der Waals surface area contributed by atoms with Crippen LogP contribution in [-0.4, -0.2) is 36.7 Å². The van der Waals surface area contributed by atoms with Crippen molar-refractivity contribution >= 4 is 11.9 Å². The summed E-state index contributed by atoms with van der Waals surface area (Å²) in [5, 5.41) is 0. The number of benzene rings is 1. The van der Waals surface area contributed by atoms with Crippen molar-refractivity contribution in [2.45, 2.75) is 45.4 Å². The predicted molar refractivity (Wildman–Crippen MR) is 95.9 cm³/mol. The number of hydrogen-bond donors (Lipinski definition) is 0. The summed E-state index contributed by atoms with van der Waals surface area (Å²) in [6.45, 7) is 4.58. The molecule has 0 spiro atoms. The highest BCUT2D eigenvalue weighted by molar-refractivity contribution is 6.04. The first-order chi connectivity index (χ1) is 12.5. The van der Waals surface area contributed by atoms with Gasteiger partial charge in [0.1, 0.15) is 6.23 Å². The number of nitrogens with zero attached hydrogens (tertiary/aromatic N) is 1. The monoisotopic (exact) mass is 355 g/mol. The normalized spacial score (nSPS) is 33.7. The lowest BCUT2D eigenvalue weighted by Gasteiger charge is -2.49. The lowest BCUT2D eigenvalue weighted by molar-refractivity contribution is -0.182. The van der Waals surface area contributed by atoms with Crippen LogP contribution < -0.4 is 0 Å². The number of methoxy groups -OCH3 is 1. The molecule has 3 aliphatic rings. The molecule has 1 aromatic carbocycles. The first-order valence-corrected chi connectivity index (χ1v) is 9.22. The van der Waals surface area contributed by atoms with Crippen LogP contribution in [0.5, 0.6) is 0 Å². The molecule has 4 rings (SSSR count). The molecule has 1 aliphatic carbocycles. The number of carbonyl (C=O) groups is 2. The van der Waals surface area contributed by atoms with Crippen molar-refractivity contribution in [3.05, 3.63) is 47.0 Å². The maximum Gasteiger partial charge on any atom is 0.322 e. The van der Waals surface area contributed by atoms with Crippen LogP contribution in [0.15, 0.2) is 41.5 Å². The summed E-state index contributed by atoms with van der Waals surface area (Å²) in [4.78, 5) is 28.4. The van der Waals surface area contributed by atoms with E-state index < -0.39 is 11.4 Å². The molecule has 0 bridgehead atoms. The van der Waals surface area contributed by atoms with E-state index in [4.69, 9.17) is 9.47 Å². The Morgan fingerprint density at radius 2 is 1.96 bits per heavy atom. The van der Waals surface area contributed by atoms with Crippen LogP contribution in [0.25, 0.3) is 0 Å². The zero-order valence-corrected chi connectivity index (χ0v) is 15.5. The first-order valence-electron chi connectivity index (χ1n) is 9.22. The minimum absolute atomic E-state index is 0.0677. The number of allylic oxidation sites excluding steroid dienone is 2. The Kier molecular flexibility index (Phi) is 4.14. The average molecular weight is 355 g/mol. The second-order valence-corrected chi connectivity index (χ2v) is 7.76. The van der Waals surface area contributed by atoms with Crippen LogP contribution in [0.2, 0.25) is 0 Å². The third-order valence-corrected chi connectivity index (χ3v) is 6.45. The molecule has 0 aromatic heterocycles. The van der Waals surface area contributed by atoms with Gasteiger partial charge < -0.3 is 14.4 Å². The molecular weight excluding hydrogens is 330 g/mol. The Hall–Kier alpha value is -2.14. The van der Waals surface area contributed by atoms with Gasteiger partial charge in [0, 0.05) is 0 Å². The van der Waals surface area contributed by atoms with E-state index in [1.165, 1.54) is 12.7 Å². The number of rotatable bonds is 2. The minimum Gasteiger partial charge on any atom is -0.468 e. The molecule has 4 atom stereocenters. The van der Waals surface area contributed by atoms with Crippen molar-refractivity contribution in [3.63, 3.8) is 0 Å². The molecule has 2 aliphatic heterocycles. The van der Waals surface area contributed by atoms with Crippen LogP contribution in [0.1, 0.15) is 44.7 Å². The van der Waals surface area contributed by atoms with Crippen molar-refractivity contribution in [1.29, 1.82) is 0 Å². The number of hydrogen-bond acceptors (Lipinski definition) is 4. The lowest BCUT2D eigenvalue weighted by Crippen LogP contribution is -2.61. The molecule has 0 radical (unpaired) electrons. The summed E-state index contributed by atoms with van der Waals surface area (Å²) in [6, 6.07) is 9.76. The summed E-state index contributed by atoms with van der Waals surface area (Å²) in [6.07, 6.45) is 1.60. The van der Waals surface area contributed by atoms with E-state index in [9.17, 15) is 9.59 Å². The van der Waals surface area contributed by atoms with Gasteiger partial charge in [0.2, 0.25) is 5.91 Å². The van der Waals surface area contributed by atoms with E-state index in [2.05, 4.69) is 6.92 Å². The number of carbonyl (C=O) groups excluding carboxylic acids is 2. The average Bonchev–Trinajstić information content (AvgIpc) is 3.07. The third-order valence-electron chi connectivity index (χ3n) is 6.45. The fourth-order valence-corrected chi connectivity index (χ4v) is 4.90. The third kappa shape index (κ3) is 2.33. The van der Waals surface area contributed by atoms with Gasteiger partial charge in [-0.1, -0.05) is 41.5 Å². The Balaban J connectivity index is 1.77. The molecule has 2 saturated heterocycles. The van der Waals surface area contributed by atoms with Gasteiger partial charge in [-0.2, -0.15) is 0 Å². The van der Waals surface area contributed by atoms with Gasteiger partial charge >= 0.3 is 5.97 Å². The van der Waals surface area contributed by atoms with Gasteiger partial charge in [-0.15, -0.1) is 0 Å². The van der Waals surface area contributed by atoms with E-state index >= 15 is 0 Å². The lowest BCUT2D eigenvalue weighted by atomic mass is 9.60. The zero-order chi connectivity index (χ0) is 18.5. The number of esters is 1. The van der Waals surface area contributed by atoms with Gasteiger partial charge in [-0.3, -0.25) is 9.59 Å². The van der Waals surface area contributed by atoms with Crippen molar-refractivity contribution < 1.29 is 19.1 Å². The largest absolute Gasteiger partial charge is 0.468 e. The van der Waals surface area contributed by atoms with Gasteiger partial charge in [-0.05, 0) is 44.6 Å². The van der Waals surface area contributed by atoms with Crippen LogP contribution in [-0.2, 0) is 19.1 Å². The molecule has 2 fully saturated rings. The number of ether oxygens (including phenoxy) is 2. The minimum atomic E-state index is -1.12. The van der Waals surface area contributed by atoms with E-state index in [0.29, 0.717) is 19.4 Å². The number of fused-ring (bicyclic) bond motifs is 2. The van der Waals surface area contributed by atoms with E-state index in [-0.39, 0.29) is 24.1 Å². The molecule has 0 saturated carbocycles. The van der Waals surface area contributed by atoms with Gasteiger partial charge in [0.25, 0.3) is 0 Å². The predicted octanol–water partition coefficient (Wildman–Crippen LogP) is 3.22. The van der Waals surface area contributed by atoms with Crippen LogP contribution >= 0.6 is 0 Å². The summed E-state index contributed by atoms with van der Waals surface area (Å²) >= 11 is 0. The van der Waals surface area contributed by atoms with Crippen molar-refractivity contribution in [3.8, 4) is 0 Å². The molecule has 1 aromatic rings. The second kappa shape index (κ2) is 6.23. The summed E-state index contributed by atoms with van der Waals surface area (Å²) in [5.74, 6) is -0.609. The quantitative estimate of drug-likeness (QED) is 0.464. The molecule has 2 heterocycles. The highest BCUT2D eigenvalue weighted by Gasteiger charge is 2.63. The highest BCUT2D eigenvalue weighted by atomic mass is 16.5. The Bertz CT molecular complexity index is 771. The van der Waals surface area contributed by atoms with Crippen molar-refractivity contribution in [2.75, 3.05) is 13.7 Å². The van der Waals surface area contributed by atoms with Gasteiger partial charge in [0.05, 0.1) is 19.8 Å². The summed E-state index contributed by atoms with van der Waals surface area (Å²) < 4.78 is 11.1. The van der Waals surface area contributed by atoms with E-state index in [1.54, 1.807) is 4.90 Å². The van der Waals surface area contributed by atoms with E-state index in [0.717, 1.165) is 17.6 Å². The Labute approximate surface area is 154 Å². The smallest absolute Gasteiger partial charge is 0.322 e. The summed E-state index contributed by atoms with van der Waals surface area (Å²) in [7, 11) is 1.38.